The number of hydrogen-bond acceptors (Lipinski definition) is 3. The normalized spacial score (nSPS) is 13.5. The Morgan fingerprint density at radius 1 is 1.12 bits per heavy atom. The topological polar surface area (TPSA) is 55.4 Å². The van der Waals surface area contributed by atoms with Crippen LogP contribution in [-0.4, -0.2) is 21.1 Å². The minimum atomic E-state index is -4.78. The fraction of sp³-hybridized carbons (Fsp3) is 0.250. The second kappa shape index (κ2) is 7.40. The van der Waals surface area contributed by atoms with Crippen molar-refractivity contribution in [1.29, 1.82) is 0 Å². The molecule has 2 aromatic carbocycles. The molecule has 9 heteroatoms. The Morgan fingerprint density at radius 3 is 2.36 bits per heavy atom. The summed E-state index contributed by atoms with van der Waals surface area (Å²) in [4.78, 5) is -1.06. The average molecular weight is 377 g/mol. The number of sulfonamides is 1. The van der Waals surface area contributed by atoms with Gasteiger partial charge in [-0.25, -0.2) is 17.5 Å². The van der Waals surface area contributed by atoms with Crippen molar-refractivity contribution in [3.8, 4) is 5.75 Å². The van der Waals surface area contributed by atoms with Crippen molar-refractivity contribution in [2.24, 2.45) is 0 Å². The third-order valence-corrected chi connectivity index (χ3v) is 4.63. The largest absolute Gasteiger partial charge is 0.489 e. The van der Waals surface area contributed by atoms with E-state index in [2.05, 4.69) is 4.72 Å². The van der Waals surface area contributed by atoms with Crippen LogP contribution in [-0.2, 0) is 16.2 Å². The molecular formula is C16H15F4NO3S. The molecular weight excluding hydrogens is 362 g/mol. The highest BCUT2D eigenvalue weighted by Crippen LogP contribution is 2.31. The van der Waals surface area contributed by atoms with Crippen LogP contribution in [0.15, 0.2) is 53.4 Å². The first-order chi connectivity index (χ1) is 11.6. The predicted molar refractivity (Wildman–Crippen MR) is 83.1 cm³/mol. The first-order valence-corrected chi connectivity index (χ1v) is 8.66. The average Bonchev–Trinajstić information content (AvgIpc) is 2.53. The third-order valence-electron chi connectivity index (χ3n) is 3.19. The number of alkyl halides is 3. The molecule has 0 aromatic heterocycles. The van der Waals surface area contributed by atoms with Crippen LogP contribution in [0.5, 0.6) is 5.75 Å². The van der Waals surface area contributed by atoms with E-state index in [9.17, 15) is 26.0 Å². The van der Waals surface area contributed by atoms with Crippen LogP contribution >= 0.6 is 0 Å². The van der Waals surface area contributed by atoms with Gasteiger partial charge >= 0.3 is 6.18 Å². The summed E-state index contributed by atoms with van der Waals surface area (Å²) in [6.45, 7) is 1.32. The number of para-hydroxylation sites is 1. The van der Waals surface area contributed by atoms with E-state index in [4.69, 9.17) is 4.74 Å². The van der Waals surface area contributed by atoms with Crippen molar-refractivity contribution in [3.63, 3.8) is 0 Å². The molecule has 0 spiro atoms. The van der Waals surface area contributed by atoms with E-state index in [1.54, 1.807) is 37.3 Å². The molecule has 1 atom stereocenters. The highest BCUT2D eigenvalue weighted by Gasteiger charge is 2.33. The van der Waals surface area contributed by atoms with Crippen molar-refractivity contribution < 1.29 is 30.7 Å². The van der Waals surface area contributed by atoms with Gasteiger partial charge in [-0.3, -0.25) is 0 Å². The maximum Gasteiger partial charge on any atom is 0.416 e. The Balaban J connectivity index is 2.11. The summed E-state index contributed by atoms with van der Waals surface area (Å²) in [6, 6.07) is 9.78. The zero-order valence-electron chi connectivity index (χ0n) is 13.0. The Morgan fingerprint density at radius 2 is 1.76 bits per heavy atom. The number of benzene rings is 2. The minimum absolute atomic E-state index is 0.243. The lowest BCUT2D eigenvalue weighted by Crippen LogP contribution is -2.34. The van der Waals surface area contributed by atoms with Crippen molar-refractivity contribution in [2.75, 3.05) is 6.54 Å². The van der Waals surface area contributed by atoms with Gasteiger partial charge in [0.2, 0.25) is 10.0 Å². The summed E-state index contributed by atoms with van der Waals surface area (Å²) in [5.41, 5.74) is -1.25. The Kier molecular flexibility index (Phi) is 5.69. The third kappa shape index (κ3) is 5.17. The molecule has 1 N–H and O–H groups in total. The molecule has 0 aliphatic rings. The molecule has 2 aromatic rings. The van der Waals surface area contributed by atoms with Crippen molar-refractivity contribution >= 4 is 10.0 Å². The van der Waals surface area contributed by atoms with E-state index in [0.717, 1.165) is 0 Å². The van der Waals surface area contributed by atoms with E-state index in [-0.39, 0.29) is 12.6 Å². The van der Waals surface area contributed by atoms with Crippen molar-refractivity contribution in [1.82, 2.24) is 4.72 Å². The fourth-order valence-electron chi connectivity index (χ4n) is 1.96. The number of rotatable bonds is 6. The van der Waals surface area contributed by atoms with Gasteiger partial charge in [0, 0.05) is 6.54 Å². The number of nitrogens with one attached hydrogen (secondary N) is 1. The molecule has 0 fully saturated rings. The Labute approximate surface area is 142 Å². The number of hydrogen-bond donors (Lipinski definition) is 1. The summed E-state index contributed by atoms with van der Waals surface area (Å²) < 4.78 is 83.5. The second-order valence-corrected chi connectivity index (χ2v) is 6.97. The van der Waals surface area contributed by atoms with Crippen LogP contribution in [0.3, 0.4) is 0 Å². The first kappa shape index (κ1) is 19.2. The van der Waals surface area contributed by atoms with Gasteiger partial charge in [0.25, 0.3) is 0 Å². The van der Waals surface area contributed by atoms with Crippen LogP contribution in [0.1, 0.15) is 12.5 Å². The van der Waals surface area contributed by atoms with Gasteiger partial charge in [-0.15, -0.1) is 0 Å². The quantitative estimate of drug-likeness (QED) is 0.783. The highest BCUT2D eigenvalue weighted by molar-refractivity contribution is 7.89. The van der Waals surface area contributed by atoms with E-state index in [0.29, 0.717) is 17.9 Å². The van der Waals surface area contributed by atoms with Gasteiger partial charge in [0.1, 0.15) is 22.6 Å². The molecule has 0 heterocycles. The smallest absolute Gasteiger partial charge is 0.416 e. The first-order valence-electron chi connectivity index (χ1n) is 7.18. The van der Waals surface area contributed by atoms with Crippen LogP contribution in [0.2, 0.25) is 0 Å². The van der Waals surface area contributed by atoms with E-state index >= 15 is 0 Å². The number of halogens is 4. The minimum Gasteiger partial charge on any atom is -0.489 e. The molecule has 136 valence electrons. The Bertz CT molecular complexity index is 823. The molecule has 2 rings (SSSR count). The molecule has 0 aliphatic heterocycles. The standard InChI is InChI=1S/C16H15F4NO3S/c1-11(24-13-5-3-2-4-6-13)10-21-25(22,23)15-9-12(16(18,19)20)7-8-14(15)17/h2-9,11,21H,10H2,1H3. The molecule has 4 nitrogen and oxygen atoms in total. The van der Waals surface area contributed by atoms with Gasteiger partial charge in [0.15, 0.2) is 0 Å². The number of ether oxygens (including phenoxy) is 1. The van der Waals surface area contributed by atoms with Crippen LogP contribution in [0.25, 0.3) is 0 Å². The predicted octanol–water partition coefficient (Wildman–Crippen LogP) is 3.59. The van der Waals surface area contributed by atoms with E-state index < -0.39 is 38.6 Å². The SMILES string of the molecule is CC(CNS(=O)(=O)c1cc(C(F)(F)F)ccc1F)Oc1ccccc1. The summed E-state index contributed by atoms with van der Waals surface area (Å²) >= 11 is 0. The van der Waals surface area contributed by atoms with Crippen LogP contribution < -0.4 is 9.46 Å². The molecule has 0 saturated heterocycles. The highest BCUT2D eigenvalue weighted by atomic mass is 32.2. The van der Waals surface area contributed by atoms with Crippen molar-refractivity contribution in [2.45, 2.75) is 24.1 Å². The van der Waals surface area contributed by atoms with E-state index in [1.165, 1.54) is 0 Å². The van der Waals surface area contributed by atoms with E-state index in [1.807, 2.05) is 0 Å². The zero-order valence-corrected chi connectivity index (χ0v) is 13.9. The maximum absolute atomic E-state index is 13.7. The lowest BCUT2D eigenvalue weighted by Gasteiger charge is -2.16. The van der Waals surface area contributed by atoms with Gasteiger partial charge in [-0.1, -0.05) is 18.2 Å². The molecule has 25 heavy (non-hydrogen) atoms. The van der Waals surface area contributed by atoms with Crippen LogP contribution in [0, 0.1) is 5.82 Å². The maximum atomic E-state index is 13.7. The van der Waals surface area contributed by atoms with Gasteiger partial charge < -0.3 is 4.74 Å². The van der Waals surface area contributed by atoms with Crippen molar-refractivity contribution in [3.05, 3.63) is 59.9 Å². The monoisotopic (exact) mass is 377 g/mol. The fourth-order valence-corrected chi connectivity index (χ4v) is 3.18. The zero-order chi connectivity index (χ0) is 18.7. The summed E-state index contributed by atoms with van der Waals surface area (Å²) in [7, 11) is -4.47. The molecule has 0 aliphatic carbocycles. The lowest BCUT2D eigenvalue weighted by atomic mass is 10.2. The summed E-state index contributed by atoms with van der Waals surface area (Å²) in [5, 5.41) is 0. The summed E-state index contributed by atoms with van der Waals surface area (Å²) in [5.74, 6) is -0.767. The van der Waals surface area contributed by atoms with Gasteiger partial charge in [-0.2, -0.15) is 13.2 Å². The van der Waals surface area contributed by atoms with Gasteiger partial charge in [-0.05, 0) is 37.3 Å². The molecule has 0 amide bonds. The molecule has 0 saturated carbocycles. The molecule has 0 radical (unpaired) electrons. The van der Waals surface area contributed by atoms with Gasteiger partial charge in [0.05, 0.1) is 5.56 Å². The molecule has 0 bridgehead atoms. The lowest BCUT2D eigenvalue weighted by molar-refractivity contribution is -0.137. The second-order valence-electron chi connectivity index (χ2n) is 5.24. The molecule has 1 unspecified atom stereocenters. The summed E-state index contributed by atoms with van der Waals surface area (Å²) in [6.07, 6.45) is -5.40. The van der Waals surface area contributed by atoms with Crippen LogP contribution in [0.4, 0.5) is 17.6 Å². The Hall–Kier alpha value is -2.13.